The van der Waals surface area contributed by atoms with Crippen LogP contribution in [0.1, 0.15) is 25.0 Å². The van der Waals surface area contributed by atoms with Gasteiger partial charge in [-0.05, 0) is 96.6 Å². The SMILES string of the molecule is CCOc1ccc(NC(=O)/C(C#N)=C\c2cc(I)c(OCc3ccc(Cl)cc3Cl)c(OCC)c2)cc1. The Hall–Kier alpha value is -2.93. The highest BCUT2D eigenvalue weighted by atomic mass is 127. The minimum absolute atomic E-state index is 0.0521. The molecule has 36 heavy (non-hydrogen) atoms. The van der Waals surface area contributed by atoms with E-state index in [1.54, 1.807) is 48.5 Å². The van der Waals surface area contributed by atoms with Crippen LogP contribution in [-0.4, -0.2) is 19.1 Å². The molecule has 1 N–H and O–H groups in total. The molecule has 186 valence electrons. The fourth-order valence-electron chi connectivity index (χ4n) is 3.18. The van der Waals surface area contributed by atoms with Gasteiger partial charge in [-0.3, -0.25) is 4.79 Å². The van der Waals surface area contributed by atoms with Crippen molar-refractivity contribution in [1.82, 2.24) is 0 Å². The molecule has 1 amide bonds. The first-order valence-corrected chi connectivity index (χ1v) is 12.9. The molecule has 0 atom stereocenters. The Morgan fingerprint density at radius 2 is 1.75 bits per heavy atom. The molecule has 0 saturated carbocycles. The van der Waals surface area contributed by atoms with Crippen molar-refractivity contribution in [2.75, 3.05) is 18.5 Å². The molecule has 3 aromatic rings. The van der Waals surface area contributed by atoms with E-state index in [0.29, 0.717) is 51.8 Å². The predicted octanol–water partition coefficient (Wildman–Crippen LogP) is 7.52. The first-order chi connectivity index (χ1) is 17.3. The number of nitrogens with one attached hydrogen (secondary N) is 1. The number of carbonyl (C=O) groups excluding carboxylic acids is 1. The van der Waals surface area contributed by atoms with Gasteiger partial charge < -0.3 is 19.5 Å². The Kier molecular flexibility index (Phi) is 10.3. The van der Waals surface area contributed by atoms with Crippen LogP contribution < -0.4 is 19.5 Å². The zero-order chi connectivity index (χ0) is 26.1. The Labute approximate surface area is 233 Å². The van der Waals surface area contributed by atoms with Crippen LogP contribution in [0.2, 0.25) is 10.0 Å². The number of carbonyl (C=O) groups is 1. The van der Waals surface area contributed by atoms with Gasteiger partial charge in [-0.2, -0.15) is 5.26 Å². The number of nitrogens with zero attached hydrogens (tertiary/aromatic N) is 1. The van der Waals surface area contributed by atoms with Crippen molar-refractivity contribution in [3.63, 3.8) is 0 Å². The summed E-state index contributed by atoms with van der Waals surface area (Å²) in [6.45, 7) is 4.93. The molecular formula is C27H23Cl2IN2O4. The van der Waals surface area contributed by atoms with E-state index in [1.165, 1.54) is 6.08 Å². The van der Waals surface area contributed by atoms with Crippen LogP contribution >= 0.6 is 45.8 Å². The third-order valence-electron chi connectivity index (χ3n) is 4.82. The number of benzene rings is 3. The molecule has 0 bridgehead atoms. The van der Waals surface area contributed by atoms with Gasteiger partial charge in [-0.15, -0.1) is 0 Å². The van der Waals surface area contributed by atoms with Gasteiger partial charge in [0.25, 0.3) is 5.91 Å². The zero-order valence-corrected chi connectivity index (χ0v) is 23.3. The summed E-state index contributed by atoms with van der Waals surface area (Å²) in [6.07, 6.45) is 1.51. The highest BCUT2D eigenvalue weighted by molar-refractivity contribution is 14.1. The molecule has 0 unspecified atom stereocenters. The third kappa shape index (κ3) is 7.53. The number of hydrogen-bond donors (Lipinski definition) is 1. The van der Waals surface area contributed by atoms with Crippen molar-refractivity contribution in [2.24, 2.45) is 0 Å². The normalized spacial score (nSPS) is 10.9. The van der Waals surface area contributed by atoms with Crippen molar-refractivity contribution in [1.29, 1.82) is 5.26 Å². The van der Waals surface area contributed by atoms with Gasteiger partial charge in [-0.25, -0.2) is 0 Å². The second-order valence-corrected chi connectivity index (χ2v) is 9.37. The minimum atomic E-state index is -0.521. The Bertz CT molecular complexity index is 1300. The fourth-order valence-corrected chi connectivity index (χ4v) is 4.42. The molecule has 0 aliphatic carbocycles. The van der Waals surface area contributed by atoms with Crippen LogP contribution in [0.25, 0.3) is 6.08 Å². The van der Waals surface area contributed by atoms with Gasteiger partial charge in [0.2, 0.25) is 0 Å². The van der Waals surface area contributed by atoms with Gasteiger partial charge in [0.05, 0.1) is 16.8 Å². The summed E-state index contributed by atoms with van der Waals surface area (Å²) in [4.78, 5) is 12.7. The predicted molar refractivity (Wildman–Crippen MR) is 151 cm³/mol. The number of ether oxygens (including phenoxy) is 3. The Balaban J connectivity index is 1.81. The average Bonchev–Trinajstić information content (AvgIpc) is 2.84. The lowest BCUT2D eigenvalue weighted by Crippen LogP contribution is -2.13. The maximum Gasteiger partial charge on any atom is 0.266 e. The van der Waals surface area contributed by atoms with E-state index in [4.69, 9.17) is 37.4 Å². The van der Waals surface area contributed by atoms with E-state index in [2.05, 4.69) is 27.9 Å². The molecular weight excluding hydrogens is 614 g/mol. The molecule has 0 radical (unpaired) electrons. The standard InChI is InChI=1S/C27H23Cl2IN2O4/c1-3-34-22-9-7-21(8-10-22)32-27(33)19(15-31)11-17-12-24(30)26(25(13-17)35-4-2)36-16-18-5-6-20(28)14-23(18)29/h5-14H,3-4,16H2,1-2H3,(H,32,33)/b19-11-. The van der Waals surface area contributed by atoms with Crippen molar-refractivity contribution in [3.8, 4) is 23.3 Å². The molecule has 0 aliphatic rings. The van der Waals surface area contributed by atoms with Gasteiger partial charge >= 0.3 is 0 Å². The highest BCUT2D eigenvalue weighted by Gasteiger charge is 2.15. The molecule has 3 aromatic carbocycles. The summed E-state index contributed by atoms with van der Waals surface area (Å²) < 4.78 is 18.0. The number of anilines is 1. The van der Waals surface area contributed by atoms with Crippen LogP contribution in [0.5, 0.6) is 17.2 Å². The van der Waals surface area contributed by atoms with Gasteiger partial charge in [-0.1, -0.05) is 29.3 Å². The van der Waals surface area contributed by atoms with Crippen molar-refractivity contribution in [3.05, 3.63) is 84.9 Å². The number of hydrogen-bond acceptors (Lipinski definition) is 5. The number of nitriles is 1. The summed E-state index contributed by atoms with van der Waals surface area (Å²) in [5.41, 5.74) is 1.90. The summed E-state index contributed by atoms with van der Waals surface area (Å²) in [5.74, 6) is 1.21. The molecule has 0 fully saturated rings. The minimum Gasteiger partial charge on any atom is -0.494 e. The number of amides is 1. The van der Waals surface area contributed by atoms with E-state index in [1.807, 2.05) is 26.0 Å². The van der Waals surface area contributed by atoms with Gasteiger partial charge in [0.1, 0.15) is 24.0 Å². The van der Waals surface area contributed by atoms with E-state index in [-0.39, 0.29) is 12.2 Å². The topological polar surface area (TPSA) is 80.6 Å². The maximum atomic E-state index is 12.7. The van der Waals surface area contributed by atoms with E-state index in [0.717, 1.165) is 9.13 Å². The van der Waals surface area contributed by atoms with E-state index in [9.17, 15) is 10.1 Å². The summed E-state index contributed by atoms with van der Waals surface area (Å²) >= 11 is 14.4. The molecule has 0 aliphatic heterocycles. The summed E-state index contributed by atoms with van der Waals surface area (Å²) in [7, 11) is 0. The molecule has 0 heterocycles. The van der Waals surface area contributed by atoms with Crippen LogP contribution in [0.3, 0.4) is 0 Å². The second-order valence-electron chi connectivity index (χ2n) is 7.37. The molecule has 0 spiro atoms. The maximum absolute atomic E-state index is 12.7. The summed E-state index contributed by atoms with van der Waals surface area (Å²) in [5, 5.41) is 13.4. The summed E-state index contributed by atoms with van der Waals surface area (Å²) in [6, 6.07) is 17.6. The van der Waals surface area contributed by atoms with Crippen LogP contribution in [-0.2, 0) is 11.4 Å². The zero-order valence-electron chi connectivity index (χ0n) is 19.6. The Morgan fingerprint density at radius 1 is 1.03 bits per heavy atom. The molecule has 6 nitrogen and oxygen atoms in total. The van der Waals surface area contributed by atoms with Crippen LogP contribution in [0, 0.1) is 14.9 Å². The van der Waals surface area contributed by atoms with Crippen molar-refractivity contribution >= 4 is 63.5 Å². The first kappa shape index (κ1) is 27.7. The van der Waals surface area contributed by atoms with Gasteiger partial charge in [0, 0.05) is 21.3 Å². The van der Waals surface area contributed by atoms with Crippen molar-refractivity contribution < 1.29 is 19.0 Å². The lowest BCUT2D eigenvalue weighted by molar-refractivity contribution is -0.112. The highest BCUT2D eigenvalue weighted by Crippen LogP contribution is 2.36. The van der Waals surface area contributed by atoms with E-state index >= 15 is 0 Å². The number of rotatable bonds is 10. The number of halogens is 3. The second kappa shape index (κ2) is 13.4. The average molecular weight is 637 g/mol. The van der Waals surface area contributed by atoms with Crippen molar-refractivity contribution in [2.45, 2.75) is 20.5 Å². The monoisotopic (exact) mass is 636 g/mol. The van der Waals surface area contributed by atoms with Gasteiger partial charge in [0.15, 0.2) is 11.5 Å². The fraction of sp³-hybridized carbons (Fsp3) is 0.185. The molecule has 0 saturated heterocycles. The third-order valence-corrected chi connectivity index (χ3v) is 6.21. The lowest BCUT2D eigenvalue weighted by Gasteiger charge is -2.15. The molecule has 9 heteroatoms. The lowest BCUT2D eigenvalue weighted by atomic mass is 10.1. The largest absolute Gasteiger partial charge is 0.494 e. The molecule has 3 rings (SSSR count). The first-order valence-electron chi connectivity index (χ1n) is 11.0. The molecule has 0 aromatic heterocycles. The smallest absolute Gasteiger partial charge is 0.266 e. The van der Waals surface area contributed by atoms with Crippen LogP contribution in [0.4, 0.5) is 5.69 Å². The van der Waals surface area contributed by atoms with Crippen LogP contribution in [0.15, 0.2) is 60.2 Å². The Morgan fingerprint density at radius 3 is 2.39 bits per heavy atom. The van der Waals surface area contributed by atoms with E-state index < -0.39 is 5.91 Å². The quantitative estimate of drug-likeness (QED) is 0.141.